The Morgan fingerprint density at radius 3 is 2.81 bits per heavy atom. The standard InChI is InChI=1S/C14H13FN4O2/c1-9-8-16-13(17-9)14-18-12(19-21-14)6-7-20-11-4-2-10(15)3-5-11/h2-5,8H,6-7H2,1H3,(H,16,17). The summed E-state index contributed by atoms with van der Waals surface area (Å²) in [7, 11) is 0. The van der Waals surface area contributed by atoms with Crippen LogP contribution in [-0.4, -0.2) is 26.7 Å². The maximum Gasteiger partial charge on any atom is 0.293 e. The maximum absolute atomic E-state index is 12.7. The number of nitrogens with one attached hydrogen (secondary N) is 1. The van der Waals surface area contributed by atoms with Gasteiger partial charge in [-0.25, -0.2) is 9.37 Å². The van der Waals surface area contributed by atoms with E-state index >= 15 is 0 Å². The van der Waals surface area contributed by atoms with Crippen LogP contribution >= 0.6 is 0 Å². The van der Waals surface area contributed by atoms with Gasteiger partial charge in [0.05, 0.1) is 6.61 Å². The smallest absolute Gasteiger partial charge is 0.293 e. The van der Waals surface area contributed by atoms with Crippen LogP contribution < -0.4 is 4.74 Å². The van der Waals surface area contributed by atoms with Gasteiger partial charge in [0, 0.05) is 18.3 Å². The van der Waals surface area contributed by atoms with Gasteiger partial charge in [0.15, 0.2) is 11.6 Å². The molecule has 0 aliphatic carbocycles. The normalized spacial score (nSPS) is 10.8. The molecule has 1 N–H and O–H groups in total. The Hall–Kier alpha value is -2.70. The molecule has 0 saturated carbocycles. The molecule has 0 aliphatic rings. The number of benzene rings is 1. The van der Waals surface area contributed by atoms with Crippen molar-refractivity contribution in [3.63, 3.8) is 0 Å². The second-order valence-corrected chi connectivity index (χ2v) is 4.48. The van der Waals surface area contributed by atoms with E-state index in [4.69, 9.17) is 9.26 Å². The highest BCUT2D eigenvalue weighted by Gasteiger charge is 2.11. The van der Waals surface area contributed by atoms with E-state index in [2.05, 4.69) is 20.1 Å². The van der Waals surface area contributed by atoms with Crippen molar-refractivity contribution in [2.75, 3.05) is 6.61 Å². The number of ether oxygens (including phenoxy) is 1. The Kier molecular flexibility index (Phi) is 3.63. The summed E-state index contributed by atoms with van der Waals surface area (Å²) in [6.45, 7) is 2.27. The lowest BCUT2D eigenvalue weighted by atomic mass is 10.3. The van der Waals surface area contributed by atoms with Gasteiger partial charge in [-0.1, -0.05) is 5.16 Å². The van der Waals surface area contributed by atoms with Crippen molar-refractivity contribution in [1.82, 2.24) is 20.1 Å². The number of aryl methyl sites for hydroxylation is 1. The lowest BCUT2D eigenvalue weighted by Gasteiger charge is -2.03. The molecule has 3 rings (SSSR count). The number of H-pyrrole nitrogens is 1. The molecule has 0 aliphatic heterocycles. The van der Waals surface area contributed by atoms with E-state index in [-0.39, 0.29) is 5.82 Å². The first-order chi connectivity index (χ1) is 10.2. The fourth-order valence-electron chi connectivity index (χ4n) is 1.76. The highest BCUT2D eigenvalue weighted by molar-refractivity contribution is 5.39. The zero-order chi connectivity index (χ0) is 14.7. The molecule has 0 spiro atoms. The highest BCUT2D eigenvalue weighted by Crippen LogP contribution is 2.14. The summed E-state index contributed by atoms with van der Waals surface area (Å²) in [6.07, 6.45) is 2.18. The number of rotatable bonds is 5. The van der Waals surface area contributed by atoms with Gasteiger partial charge in [0.2, 0.25) is 0 Å². The molecule has 21 heavy (non-hydrogen) atoms. The molecule has 0 unspecified atom stereocenters. The summed E-state index contributed by atoms with van der Waals surface area (Å²) < 4.78 is 23.3. The van der Waals surface area contributed by atoms with Crippen LogP contribution in [0.25, 0.3) is 11.7 Å². The molecule has 0 amide bonds. The van der Waals surface area contributed by atoms with E-state index in [0.29, 0.717) is 36.3 Å². The number of aromatic amines is 1. The molecule has 0 radical (unpaired) electrons. The van der Waals surface area contributed by atoms with Gasteiger partial charge in [0.1, 0.15) is 11.6 Å². The molecular formula is C14H13FN4O2. The Bertz CT molecular complexity index is 721. The summed E-state index contributed by atoms with van der Waals surface area (Å²) in [4.78, 5) is 11.4. The minimum absolute atomic E-state index is 0.293. The van der Waals surface area contributed by atoms with Crippen molar-refractivity contribution < 1.29 is 13.7 Å². The number of halogens is 1. The van der Waals surface area contributed by atoms with Gasteiger partial charge >= 0.3 is 0 Å². The van der Waals surface area contributed by atoms with E-state index in [1.807, 2.05) is 6.92 Å². The topological polar surface area (TPSA) is 76.8 Å². The summed E-state index contributed by atoms with van der Waals surface area (Å²) in [5.41, 5.74) is 0.921. The predicted molar refractivity (Wildman–Crippen MR) is 72.2 cm³/mol. The van der Waals surface area contributed by atoms with E-state index in [9.17, 15) is 4.39 Å². The first-order valence-corrected chi connectivity index (χ1v) is 6.43. The second-order valence-electron chi connectivity index (χ2n) is 4.48. The van der Waals surface area contributed by atoms with Crippen molar-refractivity contribution in [3.05, 3.63) is 47.8 Å². The van der Waals surface area contributed by atoms with Gasteiger partial charge in [-0.2, -0.15) is 4.98 Å². The Labute approximate surface area is 120 Å². The largest absolute Gasteiger partial charge is 0.493 e. The Morgan fingerprint density at radius 2 is 2.10 bits per heavy atom. The van der Waals surface area contributed by atoms with E-state index in [0.717, 1.165) is 5.69 Å². The molecular weight excluding hydrogens is 275 g/mol. The number of hydrogen-bond donors (Lipinski definition) is 1. The monoisotopic (exact) mass is 288 g/mol. The molecule has 6 nitrogen and oxygen atoms in total. The third kappa shape index (κ3) is 3.25. The van der Waals surface area contributed by atoms with Crippen LogP contribution in [0.2, 0.25) is 0 Å². The van der Waals surface area contributed by atoms with Crippen molar-refractivity contribution >= 4 is 0 Å². The molecule has 7 heteroatoms. The van der Waals surface area contributed by atoms with Crippen molar-refractivity contribution in [1.29, 1.82) is 0 Å². The molecule has 108 valence electrons. The van der Waals surface area contributed by atoms with E-state index in [1.165, 1.54) is 12.1 Å². The Balaban J connectivity index is 1.56. The van der Waals surface area contributed by atoms with Crippen LogP contribution in [0.15, 0.2) is 35.0 Å². The van der Waals surface area contributed by atoms with E-state index in [1.54, 1.807) is 18.3 Å². The van der Waals surface area contributed by atoms with Crippen LogP contribution in [0.1, 0.15) is 11.5 Å². The molecule has 0 bridgehead atoms. The minimum Gasteiger partial charge on any atom is -0.493 e. The summed E-state index contributed by atoms with van der Waals surface area (Å²) in [5, 5.41) is 3.86. The van der Waals surface area contributed by atoms with Crippen LogP contribution in [0.3, 0.4) is 0 Å². The van der Waals surface area contributed by atoms with Crippen molar-refractivity contribution in [2.45, 2.75) is 13.3 Å². The van der Waals surface area contributed by atoms with Gasteiger partial charge < -0.3 is 14.2 Å². The van der Waals surface area contributed by atoms with Crippen molar-refractivity contribution in [2.24, 2.45) is 0 Å². The Morgan fingerprint density at radius 1 is 1.29 bits per heavy atom. The fraction of sp³-hybridized carbons (Fsp3) is 0.214. The van der Waals surface area contributed by atoms with Crippen molar-refractivity contribution in [3.8, 4) is 17.5 Å². The third-order valence-corrected chi connectivity index (χ3v) is 2.78. The van der Waals surface area contributed by atoms with Crippen LogP contribution in [0.4, 0.5) is 4.39 Å². The third-order valence-electron chi connectivity index (χ3n) is 2.78. The van der Waals surface area contributed by atoms with Crippen LogP contribution in [0.5, 0.6) is 5.75 Å². The van der Waals surface area contributed by atoms with Gasteiger partial charge in [0.25, 0.3) is 5.89 Å². The zero-order valence-corrected chi connectivity index (χ0v) is 11.3. The highest BCUT2D eigenvalue weighted by atomic mass is 19.1. The number of aromatic nitrogens is 4. The summed E-state index contributed by atoms with van der Waals surface area (Å²) >= 11 is 0. The first-order valence-electron chi connectivity index (χ1n) is 6.43. The summed E-state index contributed by atoms with van der Waals surface area (Å²) in [5.74, 6) is 1.73. The van der Waals surface area contributed by atoms with Crippen LogP contribution in [0, 0.1) is 12.7 Å². The molecule has 0 saturated heterocycles. The SMILES string of the molecule is Cc1cnc(-c2nc(CCOc3ccc(F)cc3)no2)[nH]1. The summed E-state index contributed by atoms with van der Waals surface area (Å²) in [6, 6.07) is 5.84. The van der Waals surface area contributed by atoms with Gasteiger partial charge in [-0.15, -0.1) is 0 Å². The van der Waals surface area contributed by atoms with Crippen LogP contribution in [-0.2, 0) is 6.42 Å². The maximum atomic E-state index is 12.7. The second kappa shape index (κ2) is 5.74. The molecule has 0 fully saturated rings. The number of nitrogens with zero attached hydrogens (tertiary/aromatic N) is 3. The quantitative estimate of drug-likeness (QED) is 0.780. The first kappa shape index (κ1) is 13.3. The molecule has 3 aromatic rings. The van der Waals surface area contributed by atoms with E-state index < -0.39 is 0 Å². The average molecular weight is 288 g/mol. The minimum atomic E-state index is -0.293. The predicted octanol–water partition coefficient (Wildman–Crippen LogP) is 2.53. The molecule has 1 aromatic carbocycles. The number of hydrogen-bond acceptors (Lipinski definition) is 5. The van der Waals surface area contributed by atoms with Gasteiger partial charge in [-0.3, -0.25) is 0 Å². The lowest BCUT2D eigenvalue weighted by molar-refractivity contribution is 0.314. The van der Waals surface area contributed by atoms with Gasteiger partial charge in [-0.05, 0) is 31.2 Å². The fourth-order valence-corrected chi connectivity index (χ4v) is 1.76. The molecule has 0 atom stereocenters. The number of imidazole rings is 1. The molecule has 2 aromatic heterocycles. The molecule has 2 heterocycles. The lowest BCUT2D eigenvalue weighted by Crippen LogP contribution is -2.02. The average Bonchev–Trinajstić information content (AvgIpc) is 3.10. The zero-order valence-electron chi connectivity index (χ0n) is 11.3.